The van der Waals surface area contributed by atoms with Crippen molar-refractivity contribution >= 4 is 40.4 Å². The molecule has 2 amide bonds. The number of rotatable bonds is 8. The van der Waals surface area contributed by atoms with E-state index in [-0.39, 0.29) is 17.8 Å². The SMILES string of the molecule is CCN(CC)c1ccc(/C=C2/SC(=O)N(CNc3ccc(OC)cc3)C2=O)cc1. The molecule has 1 aliphatic heterocycles. The first kappa shape index (κ1) is 20.8. The van der Waals surface area contributed by atoms with E-state index in [1.807, 2.05) is 48.5 Å². The smallest absolute Gasteiger partial charge is 0.295 e. The molecular weight excluding hydrogens is 386 g/mol. The van der Waals surface area contributed by atoms with Gasteiger partial charge in [-0.05, 0) is 73.6 Å². The minimum Gasteiger partial charge on any atom is -0.497 e. The van der Waals surface area contributed by atoms with Gasteiger partial charge in [0.25, 0.3) is 11.1 Å². The third-order valence-corrected chi connectivity index (χ3v) is 5.63. The number of thioether (sulfide) groups is 1. The Labute approximate surface area is 175 Å². The number of benzene rings is 2. The van der Waals surface area contributed by atoms with Gasteiger partial charge in [0.1, 0.15) is 5.75 Å². The van der Waals surface area contributed by atoms with Crippen molar-refractivity contribution in [2.45, 2.75) is 13.8 Å². The third kappa shape index (κ3) is 4.92. The summed E-state index contributed by atoms with van der Waals surface area (Å²) in [6.07, 6.45) is 1.77. The van der Waals surface area contributed by atoms with Crippen LogP contribution in [0.2, 0.25) is 0 Å². The van der Waals surface area contributed by atoms with Crippen LogP contribution >= 0.6 is 11.8 Å². The van der Waals surface area contributed by atoms with Crippen LogP contribution in [0.4, 0.5) is 16.2 Å². The van der Waals surface area contributed by atoms with E-state index < -0.39 is 0 Å². The van der Waals surface area contributed by atoms with Crippen molar-refractivity contribution in [2.24, 2.45) is 0 Å². The summed E-state index contributed by atoms with van der Waals surface area (Å²) in [6.45, 7) is 6.24. The largest absolute Gasteiger partial charge is 0.497 e. The fourth-order valence-corrected chi connectivity index (χ4v) is 3.88. The molecule has 2 aromatic rings. The van der Waals surface area contributed by atoms with Crippen LogP contribution < -0.4 is 15.0 Å². The van der Waals surface area contributed by atoms with Gasteiger partial charge in [-0.15, -0.1) is 0 Å². The van der Waals surface area contributed by atoms with E-state index in [1.165, 1.54) is 4.90 Å². The zero-order valence-corrected chi connectivity index (χ0v) is 17.7. The fourth-order valence-electron chi connectivity index (χ4n) is 3.04. The second-order valence-corrected chi connectivity index (χ2v) is 7.43. The summed E-state index contributed by atoms with van der Waals surface area (Å²) in [7, 11) is 1.60. The van der Waals surface area contributed by atoms with Crippen molar-refractivity contribution in [2.75, 3.05) is 37.1 Å². The molecule has 0 bridgehead atoms. The van der Waals surface area contributed by atoms with Crippen LogP contribution in [0.1, 0.15) is 19.4 Å². The Hall–Kier alpha value is -2.93. The molecular formula is C22H25N3O3S. The fraction of sp³-hybridized carbons (Fsp3) is 0.273. The molecule has 0 unspecified atom stereocenters. The Morgan fingerprint density at radius 3 is 2.28 bits per heavy atom. The van der Waals surface area contributed by atoms with Gasteiger partial charge in [0, 0.05) is 24.5 Å². The van der Waals surface area contributed by atoms with Gasteiger partial charge < -0.3 is 15.0 Å². The molecule has 1 aliphatic rings. The van der Waals surface area contributed by atoms with Crippen LogP contribution in [0.3, 0.4) is 0 Å². The number of imide groups is 1. The van der Waals surface area contributed by atoms with Crippen molar-refractivity contribution in [3.63, 3.8) is 0 Å². The Morgan fingerprint density at radius 1 is 1.03 bits per heavy atom. The average Bonchev–Trinajstić information content (AvgIpc) is 3.01. The summed E-state index contributed by atoms with van der Waals surface area (Å²) in [5.74, 6) is 0.463. The van der Waals surface area contributed by atoms with Gasteiger partial charge in [0.05, 0.1) is 18.7 Å². The highest BCUT2D eigenvalue weighted by atomic mass is 32.2. The van der Waals surface area contributed by atoms with Gasteiger partial charge in [-0.25, -0.2) is 0 Å². The molecule has 1 fully saturated rings. The molecule has 0 saturated carbocycles. The van der Waals surface area contributed by atoms with E-state index in [1.54, 1.807) is 13.2 Å². The zero-order valence-electron chi connectivity index (χ0n) is 16.8. The lowest BCUT2D eigenvalue weighted by Crippen LogP contribution is -2.33. The zero-order chi connectivity index (χ0) is 20.8. The highest BCUT2D eigenvalue weighted by molar-refractivity contribution is 8.18. The molecule has 1 saturated heterocycles. The van der Waals surface area contributed by atoms with Crippen molar-refractivity contribution < 1.29 is 14.3 Å². The minimum absolute atomic E-state index is 0.120. The number of carbonyl (C=O) groups is 2. The molecule has 1 N–H and O–H groups in total. The predicted molar refractivity (Wildman–Crippen MR) is 119 cm³/mol. The van der Waals surface area contributed by atoms with Crippen LogP contribution in [-0.2, 0) is 4.79 Å². The Kier molecular flexibility index (Phi) is 6.82. The minimum atomic E-state index is -0.283. The molecule has 0 aliphatic carbocycles. The van der Waals surface area contributed by atoms with Crippen LogP contribution in [-0.4, -0.2) is 42.9 Å². The lowest BCUT2D eigenvalue weighted by Gasteiger charge is -2.20. The molecule has 152 valence electrons. The number of hydrogen-bond donors (Lipinski definition) is 1. The van der Waals surface area contributed by atoms with Crippen molar-refractivity contribution in [3.8, 4) is 5.75 Å². The summed E-state index contributed by atoms with van der Waals surface area (Å²) in [5.41, 5.74) is 2.85. The summed E-state index contributed by atoms with van der Waals surface area (Å²) >= 11 is 0.965. The van der Waals surface area contributed by atoms with Gasteiger partial charge in [-0.1, -0.05) is 12.1 Å². The molecule has 3 rings (SSSR count). The van der Waals surface area contributed by atoms with E-state index in [0.717, 1.165) is 47.5 Å². The number of amides is 2. The first-order chi connectivity index (χ1) is 14.0. The quantitative estimate of drug-likeness (QED) is 0.638. The molecule has 0 aromatic heterocycles. The van der Waals surface area contributed by atoms with Crippen molar-refractivity contribution in [1.82, 2.24) is 4.90 Å². The highest BCUT2D eigenvalue weighted by Gasteiger charge is 2.34. The average molecular weight is 412 g/mol. The first-order valence-electron chi connectivity index (χ1n) is 9.54. The number of carbonyl (C=O) groups excluding carboxylic acids is 2. The normalized spacial score (nSPS) is 15.1. The Balaban J connectivity index is 1.66. The summed E-state index contributed by atoms with van der Waals surface area (Å²) < 4.78 is 5.13. The number of nitrogens with one attached hydrogen (secondary N) is 1. The van der Waals surface area contributed by atoms with Gasteiger partial charge in [0.2, 0.25) is 0 Å². The maximum absolute atomic E-state index is 12.7. The predicted octanol–water partition coefficient (Wildman–Crippen LogP) is 4.65. The second-order valence-electron chi connectivity index (χ2n) is 6.44. The number of hydrogen-bond acceptors (Lipinski definition) is 6. The van der Waals surface area contributed by atoms with Crippen LogP contribution in [0, 0.1) is 0 Å². The van der Waals surface area contributed by atoms with Crippen LogP contribution in [0.25, 0.3) is 6.08 Å². The molecule has 0 spiro atoms. The number of nitrogens with zero attached hydrogens (tertiary/aromatic N) is 2. The molecule has 29 heavy (non-hydrogen) atoms. The first-order valence-corrected chi connectivity index (χ1v) is 10.4. The summed E-state index contributed by atoms with van der Waals surface area (Å²) in [5, 5.41) is 2.82. The van der Waals surface area contributed by atoms with E-state index >= 15 is 0 Å². The summed E-state index contributed by atoms with van der Waals surface area (Å²) in [4.78, 5) is 28.8. The van der Waals surface area contributed by atoms with E-state index in [9.17, 15) is 9.59 Å². The molecule has 1 heterocycles. The maximum atomic E-state index is 12.7. The third-order valence-electron chi connectivity index (χ3n) is 4.72. The Morgan fingerprint density at radius 2 is 1.69 bits per heavy atom. The van der Waals surface area contributed by atoms with Crippen molar-refractivity contribution in [3.05, 3.63) is 59.0 Å². The topological polar surface area (TPSA) is 61.9 Å². The van der Waals surface area contributed by atoms with Crippen LogP contribution in [0.15, 0.2) is 53.4 Å². The lowest BCUT2D eigenvalue weighted by molar-refractivity contribution is -0.122. The van der Waals surface area contributed by atoms with Crippen molar-refractivity contribution in [1.29, 1.82) is 0 Å². The Bertz CT molecular complexity index is 891. The lowest BCUT2D eigenvalue weighted by atomic mass is 10.1. The summed E-state index contributed by atoms with van der Waals surface area (Å²) in [6, 6.07) is 15.3. The van der Waals surface area contributed by atoms with Gasteiger partial charge in [-0.3, -0.25) is 14.5 Å². The number of anilines is 2. The van der Waals surface area contributed by atoms with E-state index in [2.05, 4.69) is 24.1 Å². The highest BCUT2D eigenvalue weighted by Crippen LogP contribution is 2.32. The number of ether oxygens (including phenoxy) is 1. The van der Waals surface area contributed by atoms with E-state index in [0.29, 0.717) is 4.91 Å². The molecule has 6 nitrogen and oxygen atoms in total. The standard InChI is InChI=1S/C22H25N3O3S/c1-4-24(5-2)18-10-6-16(7-11-18)14-20-21(26)25(22(27)29-20)15-23-17-8-12-19(28-3)13-9-17/h6-14,23H,4-5,15H2,1-3H3/b20-14+. The second kappa shape index (κ2) is 9.52. The van der Waals surface area contributed by atoms with Gasteiger partial charge in [0.15, 0.2) is 0 Å². The monoisotopic (exact) mass is 411 g/mol. The maximum Gasteiger partial charge on any atom is 0.295 e. The molecule has 2 aromatic carbocycles. The van der Waals surface area contributed by atoms with Gasteiger partial charge in [-0.2, -0.15) is 0 Å². The molecule has 0 radical (unpaired) electrons. The van der Waals surface area contributed by atoms with E-state index in [4.69, 9.17) is 4.74 Å². The van der Waals surface area contributed by atoms with Gasteiger partial charge >= 0.3 is 0 Å². The number of methoxy groups -OCH3 is 1. The van der Waals surface area contributed by atoms with Crippen LogP contribution in [0.5, 0.6) is 5.75 Å². The molecule has 0 atom stereocenters. The molecule has 7 heteroatoms.